The van der Waals surface area contributed by atoms with Crippen molar-refractivity contribution in [2.75, 3.05) is 4.72 Å². The molecule has 3 aromatic rings. The monoisotopic (exact) mass is 380 g/mol. The second-order valence-electron chi connectivity index (χ2n) is 5.34. The fourth-order valence-corrected chi connectivity index (χ4v) is 4.32. The summed E-state index contributed by atoms with van der Waals surface area (Å²) in [6.45, 7) is 1.52. The first kappa shape index (κ1) is 17.2. The van der Waals surface area contributed by atoms with Gasteiger partial charge in [0.15, 0.2) is 0 Å². The van der Waals surface area contributed by atoms with E-state index in [0.717, 1.165) is 0 Å². The van der Waals surface area contributed by atoms with E-state index >= 15 is 0 Å². The van der Waals surface area contributed by atoms with E-state index in [9.17, 15) is 18.3 Å². The number of aromatic nitrogens is 3. The molecule has 8 nitrogen and oxygen atoms in total. The number of sulfonamides is 1. The molecule has 1 aromatic carbocycles. The maximum absolute atomic E-state index is 12.8. The summed E-state index contributed by atoms with van der Waals surface area (Å²) in [5.41, 5.74) is 0.544. The normalized spacial score (nSPS) is 11.6. The van der Waals surface area contributed by atoms with Crippen LogP contribution in [0, 0.1) is 6.92 Å². The fourth-order valence-electron chi connectivity index (χ4n) is 2.51. The lowest BCUT2D eigenvalue weighted by Gasteiger charge is -2.11. The Hall–Kier alpha value is -2.65. The van der Waals surface area contributed by atoms with Crippen molar-refractivity contribution < 1.29 is 18.3 Å². The molecular formula is C15H13ClN4O4S. The summed E-state index contributed by atoms with van der Waals surface area (Å²) >= 11 is 6.04. The number of nitrogens with zero attached hydrogens (tertiary/aromatic N) is 3. The maximum Gasteiger partial charge on any atom is 0.335 e. The molecule has 0 aliphatic carbocycles. The molecule has 10 heteroatoms. The van der Waals surface area contributed by atoms with Crippen molar-refractivity contribution in [1.82, 2.24) is 14.8 Å². The number of hydrogen-bond acceptors (Lipinski definition) is 5. The highest BCUT2D eigenvalue weighted by molar-refractivity contribution is 7.93. The van der Waals surface area contributed by atoms with Crippen LogP contribution in [-0.2, 0) is 17.1 Å². The van der Waals surface area contributed by atoms with Gasteiger partial charge in [0.2, 0.25) is 0 Å². The Morgan fingerprint density at radius 3 is 2.68 bits per heavy atom. The smallest absolute Gasteiger partial charge is 0.335 e. The Labute approximate surface area is 148 Å². The molecule has 2 N–H and O–H groups in total. The van der Waals surface area contributed by atoms with E-state index in [0.29, 0.717) is 10.9 Å². The standard InChI is InChI=1S/C15H13ClN4O4S/c1-8-13(14(16)20(2)18-8)25(23,24)19-11-7-10(15(21)22)6-9-4-3-5-17-12(9)11/h3-7,19H,1-2H3,(H,21,22). The van der Waals surface area contributed by atoms with Crippen molar-refractivity contribution >= 4 is 44.2 Å². The van der Waals surface area contributed by atoms with Crippen LogP contribution in [0.25, 0.3) is 10.9 Å². The Balaban J connectivity index is 2.18. The molecule has 2 heterocycles. The van der Waals surface area contributed by atoms with Gasteiger partial charge >= 0.3 is 5.97 Å². The van der Waals surface area contributed by atoms with Gasteiger partial charge in [-0.15, -0.1) is 0 Å². The average molecular weight is 381 g/mol. The SMILES string of the molecule is Cc1nn(C)c(Cl)c1S(=O)(=O)Nc1cc(C(=O)O)cc2cccnc12. The first-order valence-corrected chi connectivity index (χ1v) is 8.91. The Kier molecular flexibility index (Phi) is 4.13. The number of aryl methyl sites for hydroxylation is 2. The van der Waals surface area contributed by atoms with Crippen LogP contribution in [0.4, 0.5) is 5.69 Å². The lowest BCUT2D eigenvalue weighted by molar-refractivity contribution is 0.0697. The number of carboxylic acid groups (broad SMARTS) is 1. The molecule has 0 aliphatic heterocycles. The number of anilines is 1. The van der Waals surface area contributed by atoms with Crippen molar-refractivity contribution in [3.8, 4) is 0 Å². The van der Waals surface area contributed by atoms with Gasteiger partial charge in [0.05, 0.1) is 22.5 Å². The molecule has 0 saturated carbocycles. The first-order chi connectivity index (χ1) is 11.7. The highest BCUT2D eigenvalue weighted by Gasteiger charge is 2.26. The van der Waals surface area contributed by atoms with Crippen LogP contribution < -0.4 is 4.72 Å². The minimum Gasteiger partial charge on any atom is -0.478 e. The zero-order valence-electron chi connectivity index (χ0n) is 13.2. The van der Waals surface area contributed by atoms with Gasteiger partial charge < -0.3 is 5.11 Å². The summed E-state index contributed by atoms with van der Waals surface area (Å²) in [6, 6.07) is 5.92. The van der Waals surface area contributed by atoms with Crippen LogP contribution in [0.2, 0.25) is 5.15 Å². The lowest BCUT2D eigenvalue weighted by Crippen LogP contribution is -2.15. The Morgan fingerprint density at radius 2 is 2.08 bits per heavy atom. The van der Waals surface area contributed by atoms with Crippen LogP contribution >= 0.6 is 11.6 Å². The van der Waals surface area contributed by atoms with Gasteiger partial charge in [-0.25, -0.2) is 13.2 Å². The number of carbonyl (C=O) groups is 1. The number of pyridine rings is 1. The summed E-state index contributed by atoms with van der Waals surface area (Å²) in [5, 5.41) is 13.7. The second-order valence-corrected chi connectivity index (χ2v) is 7.32. The lowest BCUT2D eigenvalue weighted by atomic mass is 10.1. The summed E-state index contributed by atoms with van der Waals surface area (Å²) in [7, 11) is -2.56. The summed E-state index contributed by atoms with van der Waals surface area (Å²) in [4.78, 5) is 15.3. The van der Waals surface area contributed by atoms with E-state index in [-0.39, 0.29) is 27.0 Å². The number of hydrogen-bond donors (Lipinski definition) is 2. The van der Waals surface area contributed by atoms with Gasteiger partial charge in [0.1, 0.15) is 10.0 Å². The van der Waals surface area contributed by atoms with Gasteiger partial charge in [-0.1, -0.05) is 17.7 Å². The zero-order chi connectivity index (χ0) is 18.4. The van der Waals surface area contributed by atoms with Crippen molar-refractivity contribution in [2.24, 2.45) is 7.05 Å². The van der Waals surface area contributed by atoms with E-state index in [1.54, 1.807) is 12.1 Å². The van der Waals surface area contributed by atoms with Crippen molar-refractivity contribution in [3.63, 3.8) is 0 Å². The molecule has 0 atom stereocenters. The molecule has 0 fully saturated rings. The van der Waals surface area contributed by atoms with Crippen molar-refractivity contribution in [3.05, 3.63) is 46.9 Å². The Bertz CT molecular complexity index is 1110. The van der Waals surface area contributed by atoms with Crippen LogP contribution in [0.3, 0.4) is 0 Å². The maximum atomic E-state index is 12.8. The molecule has 3 rings (SSSR count). The van der Waals surface area contributed by atoms with Crippen LogP contribution in [-0.4, -0.2) is 34.3 Å². The Morgan fingerprint density at radius 1 is 1.36 bits per heavy atom. The summed E-state index contributed by atoms with van der Waals surface area (Å²) in [5.74, 6) is -1.18. The number of benzene rings is 1. The molecule has 0 aliphatic rings. The third-order valence-electron chi connectivity index (χ3n) is 3.56. The predicted octanol–water partition coefficient (Wildman–Crippen LogP) is 2.43. The molecule has 130 valence electrons. The number of aromatic carboxylic acids is 1. The van der Waals surface area contributed by atoms with E-state index in [2.05, 4.69) is 14.8 Å². The van der Waals surface area contributed by atoms with E-state index in [4.69, 9.17) is 11.6 Å². The van der Waals surface area contributed by atoms with Crippen LogP contribution in [0.1, 0.15) is 16.1 Å². The minimum atomic E-state index is -4.09. The minimum absolute atomic E-state index is 0.0448. The van der Waals surface area contributed by atoms with Gasteiger partial charge in [-0.3, -0.25) is 14.4 Å². The average Bonchev–Trinajstić information content (AvgIpc) is 2.79. The highest BCUT2D eigenvalue weighted by Crippen LogP contribution is 2.29. The van der Waals surface area contributed by atoms with Gasteiger partial charge in [0, 0.05) is 18.6 Å². The molecular weight excluding hydrogens is 368 g/mol. The molecule has 25 heavy (non-hydrogen) atoms. The van der Waals surface area contributed by atoms with Crippen molar-refractivity contribution in [1.29, 1.82) is 0 Å². The summed E-state index contributed by atoms with van der Waals surface area (Å²) in [6.07, 6.45) is 1.49. The van der Waals surface area contributed by atoms with E-state index in [1.807, 2.05) is 0 Å². The largest absolute Gasteiger partial charge is 0.478 e. The number of fused-ring (bicyclic) bond motifs is 1. The van der Waals surface area contributed by atoms with Gasteiger partial charge in [0.25, 0.3) is 10.0 Å². The number of halogens is 1. The second kappa shape index (κ2) is 6.01. The number of carboxylic acids is 1. The molecule has 0 saturated heterocycles. The number of nitrogens with one attached hydrogen (secondary N) is 1. The zero-order valence-corrected chi connectivity index (χ0v) is 14.8. The van der Waals surface area contributed by atoms with Gasteiger partial charge in [-0.2, -0.15) is 5.10 Å². The van der Waals surface area contributed by atoms with Crippen LogP contribution in [0.15, 0.2) is 35.4 Å². The highest BCUT2D eigenvalue weighted by atomic mass is 35.5. The molecule has 0 bridgehead atoms. The van der Waals surface area contributed by atoms with Gasteiger partial charge in [-0.05, 0) is 25.1 Å². The number of rotatable bonds is 4. The molecule has 2 aromatic heterocycles. The predicted molar refractivity (Wildman–Crippen MR) is 92.5 cm³/mol. The third kappa shape index (κ3) is 3.03. The van der Waals surface area contributed by atoms with Crippen molar-refractivity contribution in [2.45, 2.75) is 11.8 Å². The fraction of sp³-hybridized carbons (Fsp3) is 0.133. The molecule has 0 amide bonds. The third-order valence-corrected chi connectivity index (χ3v) is 5.63. The van der Waals surface area contributed by atoms with E-state index in [1.165, 1.54) is 37.0 Å². The topological polar surface area (TPSA) is 114 Å². The quantitative estimate of drug-likeness (QED) is 0.718. The first-order valence-electron chi connectivity index (χ1n) is 7.04. The summed E-state index contributed by atoms with van der Waals surface area (Å²) < 4.78 is 29.1. The molecule has 0 unspecified atom stereocenters. The molecule has 0 spiro atoms. The molecule has 0 radical (unpaired) electrons. The van der Waals surface area contributed by atoms with Crippen LogP contribution in [0.5, 0.6) is 0 Å². The van der Waals surface area contributed by atoms with E-state index < -0.39 is 16.0 Å².